The molecule has 2 N–H and O–H groups in total. The van der Waals surface area contributed by atoms with Crippen LogP contribution in [0, 0.1) is 0 Å². The van der Waals surface area contributed by atoms with Gasteiger partial charge in [-0.25, -0.2) is 0 Å². The van der Waals surface area contributed by atoms with Crippen LogP contribution in [-0.4, -0.2) is 26.3 Å². The molecule has 2 rings (SSSR count). The van der Waals surface area contributed by atoms with Crippen LogP contribution in [0.1, 0.15) is 23.7 Å². The molecular formula is C12H12N2O4. The molecule has 0 unspecified atom stereocenters. The number of phenolic OH excluding ortho intramolecular Hbond substituents is 1. The molecular weight excluding hydrogens is 236 g/mol. The summed E-state index contributed by atoms with van der Waals surface area (Å²) < 4.78 is 4.93. The fraction of sp³-hybridized carbons (Fsp3) is 0.250. The van der Waals surface area contributed by atoms with Crippen molar-refractivity contribution in [2.24, 2.45) is 0 Å². The Bertz CT molecular complexity index is 551. The van der Waals surface area contributed by atoms with E-state index in [0.717, 1.165) is 5.56 Å². The number of aliphatic carboxylic acids is 1. The lowest BCUT2D eigenvalue weighted by atomic mass is 10.1. The highest BCUT2D eigenvalue weighted by atomic mass is 16.5. The Morgan fingerprint density at radius 2 is 2.22 bits per heavy atom. The zero-order valence-corrected chi connectivity index (χ0v) is 9.54. The number of nitrogens with zero attached hydrogens (tertiary/aromatic N) is 2. The van der Waals surface area contributed by atoms with Gasteiger partial charge in [-0.15, -0.1) is 0 Å². The third-order valence-electron chi connectivity index (χ3n) is 2.34. The van der Waals surface area contributed by atoms with Crippen LogP contribution in [0.4, 0.5) is 0 Å². The fourth-order valence-electron chi connectivity index (χ4n) is 1.53. The first-order valence-electron chi connectivity index (χ1n) is 5.44. The summed E-state index contributed by atoms with van der Waals surface area (Å²) in [5.41, 5.74) is 0.862. The maximum Gasteiger partial charge on any atom is 0.303 e. The molecule has 6 heteroatoms. The molecule has 0 aliphatic carbocycles. The molecule has 0 bridgehead atoms. The Kier molecular flexibility index (Phi) is 3.57. The van der Waals surface area contributed by atoms with Crippen LogP contribution in [0.5, 0.6) is 5.75 Å². The molecule has 0 atom stereocenters. The van der Waals surface area contributed by atoms with Crippen molar-refractivity contribution >= 4 is 5.97 Å². The SMILES string of the molecule is O=C(O)CCc1nc(Cc2cccc(O)c2)no1. The van der Waals surface area contributed by atoms with Crippen molar-refractivity contribution < 1.29 is 19.5 Å². The monoisotopic (exact) mass is 248 g/mol. The predicted molar refractivity (Wildman–Crippen MR) is 61.2 cm³/mol. The van der Waals surface area contributed by atoms with Crippen LogP contribution in [0.25, 0.3) is 0 Å². The van der Waals surface area contributed by atoms with Gasteiger partial charge in [0, 0.05) is 12.8 Å². The summed E-state index contributed by atoms with van der Waals surface area (Å²) in [5.74, 6) is 0.0679. The second kappa shape index (κ2) is 5.31. The molecule has 0 amide bonds. The minimum absolute atomic E-state index is 0.0340. The van der Waals surface area contributed by atoms with Gasteiger partial charge in [0.1, 0.15) is 5.75 Å². The normalized spacial score (nSPS) is 10.4. The van der Waals surface area contributed by atoms with E-state index in [4.69, 9.17) is 9.63 Å². The number of carboxylic acid groups (broad SMARTS) is 1. The number of carbonyl (C=O) groups is 1. The number of hydrogen-bond acceptors (Lipinski definition) is 5. The minimum Gasteiger partial charge on any atom is -0.508 e. The molecule has 2 aromatic rings. The first-order chi connectivity index (χ1) is 8.63. The quantitative estimate of drug-likeness (QED) is 0.829. The lowest BCUT2D eigenvalue weighted by molar-refractivity contribution is -0.137. The first kappa shape index (κ1) is 12.1. The minimum atomic E-state index is -0.900. The number of rotatable bonds is 5. The summed E-state index contributed by atoms with van der Waals surface area (Å²) in [5, 5.41) is 21.6. The Morgan fingerprint density at radius 1 is 1.39 bits per heavy atom. The third-order valence-corrected chi connectivity index (χ3v) is 2.34. The molecule has 1 aromatic heterocycles. The van der Waals surface area contributed by atoms with Crippen molar-refractivity contribution in [2.45, 2.75) is 19.3 Å². The molecule has 0 saturated carbocycles. The number of aryl methyl sites for hydroxylation is 1. The number of benzene rings is 1. The van der Waals surface area contributed by atoms with Crippen molar-refractivity contribution in [2.75, 3.05) is 0 Å². The van der Waals surface area contributed by atoms with Crippen molar-refractivity contribution in [3.8, 4) is 5.75 Å². The van der Waals surface area contributed by atoms with Crippen LogP contribution >= 0.6 is 0 Å². The van der Waals surface area contributed by atoms with Gasteiger partial charge >= 0.3 is 5.97 Å². The van der Waals surface area contributed by atoms with Gasteiger partial charge in [0.25, 0.3) is 0 Å². The van der Waals surface area contributed by atoms with E-state index < -0.39 is 5.97 Å². The number of aromatic hydroxyl groups is 1. The number of carboxylic acids is 1. The molecule has 18 heavy (non-hydrogen) atoms. The maximum atomic E-state index is 10.4. The summed E-state index contributed by atoms with van der Waals surface area (Å²) >= 11 is 0. The first-order valence-corrected chi connectivity index (χ1v) is 5.44. The largest absolute Gasteiger partial charge is 0.508 e. The van der Waals surface area contributed by atoms with Gasteiger partial charge in [0.15, 0.2) is 5.82 Å². The lowest BCUT2D eigenvalue weighted by Gasteiger charge is -1.97. The van der Waals surface area contributed by atoms with Crippen molar-refractivity contribution in [1.29, 1.82) is 0 Å². The molecule has 1 aromatic carbocycles. The second-order valence-electron chi connectivity index (χ2n) is 3.84. The molecule has 94 valence electrons. The topological polar surface area (TPSA) is 96.5 Å². The third kappa shape index (κ3) is 3.31. The zero-order chi connectivity index (χ0) is 13.0. The van der Waals surface area contributed by atoms with Crippen molar-refractivity contribution in [3.05, 3.63) is 41.5 Å². The molecule has 1 heterocycles. The van der Waals surface area contributed by atoms with Crippen LogP contribution in [0.3, 0.4) is 0 Å². The van der Waals surface area contributed by atoms with E-state index in [1.165, 1.54) is 0 Å². The van der Waals surface area contributed by atoms with E-state index in [1.807, 2.05) is 6.07 Å². The second-order valence-corrected chi connectivity index (χ2v) is 3.84. The summed E-state index contributed by atoms with van der Waals surface area (Å²) in [6, 6.07) is 6.77. The van der Waals surface area contributed by atoms with Gasteiger partial charge in [-0.05, 0) is 17.7 Å². The van der Waals surface area contributed by atoms with E-state index in [9.17, 15) is 9.90 Å². The van der Waals surface area contributed by atoms with Crippen LogP contribution in [-0.2, 0) is 17.6 Å². The van der Waals surface area contributed by atoms with Crippen LogP contribution in [0.2, 0.25) is 0 Å². The molecule has 0 spiro atoms. The molecule has 0 fully saturated rings. The average Bonchev–Trinajstić information content (AvgIpc) is 2.74. The summed E-state index contributed by atoms with van der Waals surface area (Å²) in [7, 11) is 0. The smallest absolute Gasteiger partial charge is 0.303 e. The molecule has 6 nitrogen and oxygen atoms in total. The number of aromatic nitrogens is 2. The number of hydrogen-bond donors (Lipinski definition) is 2. The highest BCUT2D eigenvalue weighted by Crippen LogP contribution is 2.14. The van der Waals surface area contributed by atoms with E-state index in [1.54, 1.807) is 18.2 Å². The molecule has 0 aliphatic rings. The average molecular weight is 248 g/mol. The van der Waals surface area contributed by atoms with E-state index in [2.05, 4.69) is 10.1 Å². The number of phenols is 1. The van der Waals surface area contributed by atoms with Crippen molar-refractivity contribution in [3.63, 3.8) is 0 Å². The summed E-state index contributed by atoms with van der Waals surface area (Å²) in [6.45, 7) is 0. The van der Waals surface area contributed by atoms with E-state index >= 15 is 0 Å². The van der Waals surface area contributed by atoms with Gasteiger partial charge in [0.2, 0.25) is 5.89 Å². The van der Waals surface area contributed by atoms with Gasteiger partial charge in [0.05, 0.1) is 6.42 Å². The van der Waals surface area contributed by atoms with Crippen LogP contribution < -0.4 is 0 Å². The standard InChI is InChI=1S/C12H12N2O4/c15-9-3-1-2-8(6-9)7-10-13-11(18-14-10)4-5-12(16)17/h1-3,6,15H,4-5,7H2,(H,16,17). The summed E-state index contributed by atoms with van der Waals surface area (Å²) in [6.07, 6.45) is 0.626. The molecule has 0 radical (unpaired) electrons. The molecule has 0 aliphatic heterocycles. The van der Waals surface area contributed by atoms with Gasteiger partial charge in [-0.2, -0.15) is 4.98 Å². The Balaban J connectivity index is 2.00. The molecule has 0 saturated heterocycles. The summed E-state index contributed by atoms with van der Waals surface area (Å²) in [4.78, 5) is 14.5. The van der Waals surface area contributed by atoms with E-state index in [0.29, 0.717) is 18.1 Å². The van der Waals surface area contributed by atoms with Gasteiger partial charge in [-0.3, -0.25) is 4.79 Å². The van der Waals surface area contributed by atoms with Gasteiger partial charge in [-0.1, -0.05) is 17.3 Å². The van der Waals surface area contributed by atoms with Crippen LogP contribution in [0.15, 0.2) is 28.8 Å². The Morgan fingerprint density at radius 3 is 2.94 bits per heavy atom. The maximum absolute atomic E-state index is 10.4. The van der Waals surface area contributed by atoms with Gasteiger partial charge < -0.3 is 14.7 Å². The highest BCUT2D eigenvalue weighted by Gasteiger charge is 2.09. The zero-order valence-electron chi connectivity index (χ0n) is 9.54. The Labute approximate surface area is 103 Å². The van der Waals surface area contributed by atoms with E-state index in [-0.39, 0.29) is 18.6 Å². The Hall–Kier alpha value is -2.37. The lowest BCUT2D eigenvalue weighted by Crippen LogP contribution is -1.98. The highest BCUT2D eigenvalue weighted by molar-refractivity contribution is 5.66. The predicted octanol–water partition coefficient (Wildman–Crippen LogP) is 1.38. The van der Waals surface area contributed by atoms with Crippen molar-refractivity contribution in [1.82, 2.24) is 10.1 Å². The fourth-order valence-corrected chi connectivity index (χ4v) is 1.53.